The average Bonchev–Trinajstić information content (AvgIpc) is 2.82. The van der Waals surface area contributed by atoms with Crippen LogP contribution >= 0.6 is 0 Å². The number of carboxylic acid groups (broad SMARTS) is 1. The molecule has 2 heterocycles. The summed E-state index contributed by atoms with van der Waals surface area (Å²) < 4.78 is 0. The molecule has 0 spiro atoms. The summed E-state index contributed by atoms with van der Waals surface area (Å²) >= 11 is 0. The Morgan fingerprint density at radius 3 is 2.78 bits per heavy atom. The minimum absolute atomic E-state index is 0.216. The summed E-state index contributed by atoms with van der Waals surface area (Å²) in [5, 5.41) is 12.1. The number of aromatic nitrogens is 1. The topological polar surface area (TPSA) is 65.5 Å². The molecule has 1 saturated heterocycles. The van der Waals surface area contributed by atoms with Crippen molar-refractivity contribution in [3.63, 3.8) is 0 Å². The highest BCUT2D eigenvalue weighted by atomic mass is 16.4. The van der Waals surface area contributed by atoms with Crippen molar-refractivity contribution >= 4 is 11.8 Å². The van der Waals surface area contributed by atoms with Crippen molar-refractivity contribution in [2.24, 2.45) is 0 Å². The number of nitrogens with zero attached hydrogens (tertiary/aromatic N) is 2. The van der Waals surface area contributed by atoms with E-state index in [-0.39, 0.29) is 5.56 Å². The van der Waals surface area contributed by atoms with Gasteiger partial charge in [0.1, 0.15) is 5.82 Å². The number of carbonyl (C=O) groups is 1. The predicted octanol–water partition coefficient (Wildman–Crippen LogP) is 1.68. The number of hydrogen-bond donors (Lipinski definition) is 2. The van der Waals surface area contributed by atoms with Crippen molar-refractivity contribution in [3.05, 3.63) is 23.9 Å². The number of nitrogens with one attached hydrogen (secondary N) is 1. The van der Waals surface area contributed by atoms with Gasteiger partial charge in [-0.1, -0.05) is 0 Å². The molecule has 18 heavy (non-hydrogen) atoms. The van der Waals surface area contributed by atoms with E-state index in [1.807, 2.05) is 0 Å². The van der Waals surface area contributed by atoms with Crippen LogP contribution in [0.2, 0.25) is 0 Å². The number of pyridine rings is 1. The first-order valence-electron chi connectivity index (χ1n) is 6.33. The molecule has 0 aliphatic carbocycles. The van der Waals surface area contributed by atoms with Crippen molar-refractivity contribution < 1.29 is 9.90 Å². The van der Waals surface area contributed by atoms with Crippen LogP contribution in [0.4, 0.5) is 5.82 Å². The first kappa shape index (κ1) is 12.8. The maximum atomic E-state index is 10.7. The van der Waals surface area contributed by atoms with E-state index in [4.69, 9.17) is 5.11 Å². The zero-order chi connectivity index (χ0) is 13.0. The third-order valence-corrected chi connectivity index (χ3v) is 3.14. The molecular weight excluding hydrogens is 230 g/mol. The van der Waals surface area contributed by atoms with Crippen LogP contribution in [0.25, 0.3) is 0 Å². The van der Waals surface area contributed by atoms with Gasteiger partial charge in [-0.3, -0.25) is 0 Å². The monoisotopic (exact) mass is 249 g/mol. The summed E-state index contributed by atoms with van der Waals surface area (Å²) in [5.41, 5.74) is 0.216. The van der Waals surface area contributed by atoms with E-state index in [0.717, 1.165) is 12.4 Å². The lowest BCUT2D eigenvalue weighted by atomic mass is 10.2. The van der Waals surface area contributed by atoms with Crippen LogP contribution in [0.15, 0.2) is 18.3 Å². The summed E-state index contributed by atoms with van der Waals surface area (Å²) in [4.78, 5) is 17.2. The molecule has 1 unspecified atom stereocenters. The van der Waals surface area contributed by atoms with E-state index in [0.29, 0.717) is 6.04 Å². The molecule has 0 aromatic carbocycles. The Hall–Kier alpha value is -1.62. The van der Waals surface area contributed by atoms with Gasteiger partial charge in [-0.05, 0) is 45.0 Å². The molecule has 1 aromatic heterocycles. The van der Waals surface area contributed by atoms with Crippen molar-refractivity contribution in [1.82, 2.24) is 9.88 Å². The molecule has 1 fully saturated rings. The standard InChI is InChI=1S/C13H19N3O2/c1-10(9-16-6-2-3-7-16)15-12-5-4-11(8-14-12)13(17)18/h4-5,8,10H,2-3,6-7,9H2,1H3,(H,14,15)(H,17,18). The van der Waals surface area contributed by atoms with Crippen LogP contribution in [0.5, 0.6) is 0 Å². The molecular formula is C13H19N3O2. The number of rotatable bonds is 5. The summed E-state index contributed by atoms with van der Waals surface area (Å²) in [6, 6.07) is 3.59. The molecule has 0 radical (unpaired) electrons. The summed E-state index contributed by atoms with van der Waals surface area (Å²) in [7, 11) is 0. The minimum atomic E-state index is -0.945. The van der Waals surface area contributed by atoms with Gasteiger partial charge < -0.3 is 15.3 Å². The van der Waals surface area contributed by atoms with Gasteiger partial charge in [0.05, 0.1) is 5.56 Å². The third-order valence-electron chi connectivity index (χ3n) is 3.14. The molecule has 1 aliphatic rings. The molecule has 1 aliphatic heterocycles. The second kappa shape index (κ2) is 5.82. The second-order valence-corrected chi connectivity index (χ2v) is 4.79. The van der Waals surface area contributed by atoms with Gasteiger partial charge in [0.25, 0.3) is 0 Å². The Bertz CT molecular complexity index is 399. The molecule has 5 nitrogen and oxygen atoms in total. The molecule has 5 heteroatoms. The number of anilines is 1. The lowest BCUT2D eigenvalue weighted by Gasteiger charge is -2.21. The summed E-state index contributed by atoms with van der Waals surface area (Å²) in [5.74, 6) is -0.217. The van der Waals surface area contributed by atoms with Gasteiger partial charge in [0, 0.05) is 18.8 Å². The first-order valence-corrected chi connectivity index (χ1v) is 6.33. The highest BCUT2D eigenvalue weighted by Gasteiger charge is 2.14. The van der Waals surface area contributed by atoms with Crippen molar-refractivity contribution in [2.45, 2.75) is 25.8 Å². The predicted molar refractivity (Wildman–Crippen MR) is 70.0 cm³/mol. The molecule has 0 amide bonds. The second-order valence-electron chi connectivity index (χ2n) is 4.79. The fourth-order valence-corrected chi connectivity index (χ4v) is 2.26. The van der Waals surface area contributed by atoms with Gasteiger partial charge in [0.15, 0.2) is 0 Å². The highest BCUT2D eigenvalue weighted by molar-refractivity contribution is 5.87. The van der Waals surface area contributed by atoms with Gasteiger partial charge in [0.2, 0.25) is 0 Å². The normalized spacial score (nSPS) is 17.6. The zero-order valence-corrected chi connectivity index (χ0v) is 10.6. The van der Waals surface area contributed by atoms with Crippen molar-refractivity contribution in [2.75, 3.05) is 25.0 Å². The largest absolute Gasteiger partial charge is 0.478 e. The van der Waals surface area contributed by atoms with Crippen LogP contribution in [-0.2, 0) is 0 Å². The Morgan fingerprint density at radius 1 is 1.50 bits per heavy atom. The van der Waals surface area contributed by atoms with E-state index in [1.165, 1.54) is 32.1 Å². The van der Waals surface area contributed by atoms with Gasteiger partial charge in [-0.25, -0.2) is 9.78 Å². The molecule has 0 saturated carbocycles. The molecule has 1 atom stereocenters. The molecule has 0 bridgehead atoms. The SMILES string of the molecule is CC(CN1CCCC1)Nc1ccc(C(=O)O)cn1. The van der Waals surface area contributed by atoms with E-state index in [9.17, 15) is 4.79 Å². The summed E-state index contributed by atoms with van der Waals surface area (Å²) in [6.45, 7) is 5.47. The summed E-state index contributed by atoms with van der Waals surface area (Å²) in [6.07, 6.45) is 3.96. The zero-order valence-electron chi connectivity index (χ0n) is 10.6. The maximum absolute atomic E-state index is 10.7. The Labute approximate surface area is 107 Å². The molecule has 1 aromatic rings. The van der Waals surface area contributed by atoms with Crippen LogP contribution in [0.1, 0.15) is 30.1 Å². The highest BCUT2D eigenvalue weighted by Crippen LogP contribution is 2.10. The van der Waals surface area contributed by atoms with Crippen LogP contribution in [0.3, 0.4) is 0 Å². The third kappa shape index (κ3) is 3.43. The van der Waals surface area contributed by atoms with Crippen LogP contribution in [0, 0.1) is 0 Å². The number of carboxylic acids is 1. The van der Waals surface area contributed by atoms with Crippen LogP contribution in [-0.4, -0.2) is 46.6 Å². The lowest BCUT2D eigenvalue weighted by molar-refractivity contribution is 0.0696. The molecule has 2 rings (SSSR count). The minimum Gasteiger partial charge on any atom is -0.478 e. The Morgan fingerprint density at radius 2 is 2.22 bits per heavy atom. The van der Waals surface area contributed by atoms with E-state index in [1.54, 1.807) is 12.1 Å². The van der Waals surface area contributed by atoms with E-state index >= 15 is 0 Å². The van der Waals surface area contributed by atoms with Gasteiger partial charge in [-0.15, -0.1) is 0 Å². The number of likely N-dealkylation sites (tertiary alicyclic amines) is 1. The average molecular weight is 249 g/mol. The fraction of sp³-hybridized carbons (Fsp3) is 0.538. The van der Waals surface area contributed by atoms with Crippen LogP contribution < -0.4 is 5.32 Å². The van der Waals surface area contributed by atoms with Crippen molar-refractivity contribution in [3.8, 4) is 0 Å². The van der Waals surface area contributed by atoms with E-state index in [2.05, 4.69) is 22.1 Å². The smallest absolute Gasteiger partial charge is 0.337 e. The van der Waals surface area contributed by atoms with E-state index < -0.39 is 5.97 Å². The fourth-order valence-electron chi connectivity index (χ4n) is 2.26. The van der Waals surface area contributed by atoms with Crippen molar-refractivity contribution in [1.29, 1.82) is 0 Å². The first-order chi connectivity index (χ1) is 8.65. The lowest BCUT2D eigenvalue weighted by Crippen LogP contribution is -2.33. The maximum Gasteiger partial charge on any atom is 0.337 e. The quantitative estimate of drug-likeness (QED) is 0.831. The number of hydrogen-bond acceptors (Lipinski definition) is 4. The Balaban J connectivity index is 1.86. The molecule has 98 valence electrons. The number of aromatic carboxylic acids is 1. The van der Waals surface area contributed by atoms with Gasteiger partial charge >= 0.3 is 5.97 Å². The Kier molecular flexibility index (Phi) is 4.15. The van der Waals surface area contributed by atoms with Gasteiger partial charge in [-0.2, -0.15) is 0 Å². The molecule has 2 N–H and O–H groups in total.